The predicted octanol–water partition coefficient (Wildman–Crippen LogP) is 2.63. The van der Waals surface area contributed by atoms with Gasteiger partial charge in [-0.05, 0) is 44.7 Å². The van der Waals surface area contributed by atoms with Crippen molar-refractivity contribution < 1.29 is 4.79 Å². The highest BCUT2D eigenvalue weighted by Gasteiger charge is 2.19. The van der Waals surface area contributed by atoms with Gasteiger partial charge in [-0.1, -0.05) is 12.5 Å². The highest BCUT2D eigenvalue weighted by Crippen LogP contribution is 2.16. The van der Waals surface area contributed by atoms with Gasteiger partial charge in [0.15, 0.2) is 0 Å². The van der Waals surface area contributed by atoms with Gasteiger partial charge in [0.1, 0.15) is 5.69 Å². The number of allylic oxidation sites excluding steroid dienone is 1. The second-order valence-electron chi connectivity index (χ2n) is 6.05. The molecule has 0 spiro atoms. The van der Waals surface area contributed by atoms with E-state index in [0.717, 1.165) is 51.7 Å². The Morgan fingerprint density at radius 3 is 3.14 bits per heavy atom. The number of unbranched alkanes of at least 4 members (excludes halogenated alkanes) is 3. The maximum atomic E-state index is 12.4. The number of nitrogens with one attached hydrogen (secondary N) is 1. The van der Waals surface area contributed by atoms with Crippen molar-refractivity contribution in [3.05, 3.63) is 30.6 Å². The van der Waals surface area contributed by atoms with Crippen LogP contribution in [0.3, 0.4) is 0 Å². The molecule has 122 valence electrons. The topological polar surface area (TPSA) is 50.2 Å². The van der Waals surface area contributed by atoms with Gasteiger partial charge in [0.25, 0.3) is 5.91 Å². The van der Waals surface area contributed by atoms with Crippen molar-refractivity contribution in [2.45, 2.75) is 44.6 Å². The summed E-state index contributed by atoms with van der Waals surface area (Å²) in [5.74, 6) is 0.0197. The van der Waals surface area contributed by atoms with Crippen LogP contribution < -0.4 is 5.32 Å². The molecule has 0 radical (unpaired) electrons. The average Bonchev–Trinajstić information content (AvgIpc) is 3.04. The van der Waals surface area contributed by atoms with Crippen molar-refractivity contribution in [3.63, 3.8) is 0 Å². The van der Waals surface area contributed by atoms with Crippen molar-refractivity contribution in [2.24, 2.45) is 0 Å². The summed E-state index contributed by atoms with van der Waals surface area (Å²) >= 11 is 0. The summed E-state index contributed by atoms with van der Waals surface area (Å²) in [5, 5.41) is 7.86. The van der Waals surface area contributed by atoms with Crippen molar-refractivity contribution in [2.75, 3.05) is 26.7 Å². The zero-order valence-electron chi connectivity index (χ0n) is 13.6. The van der Waals surface area contributed by atoms with E-state index in [1.165, 1.54) is 6.42 Å². The molecule has 1 fully saturated rings. The van der Waals surface area contributed by atoms with E-state index in [2.05, 4.69) is 17.0 Å². The number of hydrogen-bond acceptors (Lipinski definition) is 3. The largest absolute Gasteiger partial charge is 0.340 e. The van der Waals surface area contributed by atoms with Crippen molar-refractivity contribution in [3.8, 4) is 0 Å². The molecule has 1 atom stereocenters. The lowest BCUT2D eigenvalue weighted by atomic mass is 10.1. The molecule has 0 aliphatic carbocycles. The van der Waals surface area contributed by atoms with Crippen LogP contribution >= 0.6 is 0 Å². The van der Waals surface area contributed by atoms with Gasteiger partial charge in [-0.15, -0.1) is 6.58 Å². The maximum Gasteiger partial charge on any atom is 0.274 e. The SMILES string of the molecule is C=CCCCCCN(C)C(=O)c1ccn(C2CCCNC2)n1. The smallest absolute Gasteiger partial charge is 0.274 e. The Morgan fingerprint density at radius 2 is 2.41 bits per heavy atom. The van der Waals surface area contributed by atoms with E-state index in [1.54, 1.807) is 4.90 Å². The molecule has 1 aliphatic heterocycles. The van der Waals surface area contributed by atoms with E-state index in [9.17, 15) is 4.79 Å². The molecule has 5 heteroatoms. The molecule has 1 aromatic rings. The molecule has 0 saturated carbocycles. The van der Waals surface area contributed by atoms with Gasteiger partial charge in [-0.3, -0.25) is 9.48 Å². The van der Waals surface area contributed by atoms with Crippen molar-refractivity contribution >= 4 is 5.91 Å². The summed E-state index contributed by atoms with van der Waals surface area (Å²) in [7, 11) is 1.86. The van der Waals surface area contributed by atoms with Crippen molar-refractivity contribution in [1.82, 2.24) is 20.0 Å². The molecule has 5 nitrogen and oxygen atoms in total. The molecule has 0 bridgehead atoms. The molecule has 1 N–H and O–H groups in total. The van der Waals surface area contributed by atoms with Crippen LogP contribution in [0.5, 0.6) is 0 Å². The number of carbonyl (C=O) groups is 1. The number of aromatic nitrogens is 2. The van der Waals surface area contributed by atoms with Crippen LogP contribution in [0.4, 0.5) is 0 Å². The zero-order valence-corrected chi connectivity index (χ0v) is 13.6. The molecule has 1 amide bonds. The van der Waals surface area contributed by atoms with Crippen LogP contribution in [0, 0.1) is 0 Å². The molecule has 1 aliphatic rings. The van der Waals surface area contributed by atoms with Crippen LogP contribution in [0.1, 0.15) is 55.1 Å². The van der Waals surface area contributed by atoms with E-state index in [4.69, 9.17) is 0 Å². The number of hydrogen-bond donors (Lipinski definition) is 1. The number of rotatable bonds is 8. The molecule has 1 saturated heterocycles. The fourth-order valence-electron chi connectivity index (χ4n) is 2.83. The van der Waals surface area contributed by atoms with E-state index >= 15 is 0 Å². The lowest BCUT2D eigenvalue weighted by Crippen LogP contribution is -2.32. The third-order valence-corrected chi connectivity index (χ3v) is 4.22. The lowest BCUT2D eigenvalue weighted by Gasteiger charge is -2.23. The van der Waals surface area contributed by atoms with E-state index in [-0.39, 0.29) is 5.91 Å². The summed E-state index contributed by atoms with van der Waals surface area (Å²) in [6.45, 7) is 6.53. The van der Waals surface area contributed by atoms with Gasteiger partial charge in [0.05, 0.1) is 6.04 Å². The second-order valence-corrected chi connectivity index (χ2v) is 6.05. The molecule has 2 rings (SSSR count). The second kappa shape index (κ2) is 8.73. The Balaban J connectivity index is 1.81. The molecule has 2 heterocycles. The minimum Gasteiger partial charge on any atom is -0.340 e. The molecular formula is C17H28N4O. The first-order valence-electron chi connectivity index (χ1n) is 8.34. The number of amides is 1. The van der Waals surface area contributed by atoms with E-state index < -0.39 is 0 Å². The Hall–Kier alpha value is -1.62. The van der Waals surface area contributed by atoms with Gasteiger partial charge in [0.2, 0.25) is 0 Å². The normalized spacial score (nSPS) is 18.1. The average molecular weight is 304 g/mol. The lowest BCUT2D eigenvalue weighted by molar-refractivity contribution is 0.0785. The van der Waals surface area contributed by atoms with Gasteiger partial charge < -0.3 is 10.2 Å². The maximum absolute atomic E-state index is 12.4. The van der Waals surface area contributed by atoms with Crippen LogP contribution in [0.25, 0.3) is 0 Å². The Bertz CT molecular complexity index is 477. The van der Waals surface area contributed by atoms with Crippen molar-refractivity contribution in [1.29, 1.82) is 0 Å². The highest BCUT2D eigenvalue weighted by atomic mass is 16.2. The third-order valence-electron chi connectivity index (χ3n) is 4.22. The molecule has 22 heavy (non-hydrogen) atoms. The van der Waals surface area contributed by atoms with Gasteiger partial charge in [0, 0.05) is 26.3 Å². The molecular weight excluding hydrogens is 276 g/mol. The predicted molar refractivity (Wildman–Crippen MR) is 89.0 cm³/mol. The first kappa shape index (κ1) is 16.7. The van der Waals surface area contributed by atoms with Crippen LogP contribution in [-0.2, 0) is 0 Å². The van der Waals surface area contributed by atoms with Gasteiger partial charge in [-0.2, -0.15) is 5.10 Å². The summed E-state index contributed by atoms with van der Waals surface area (Å²) < 4.78 is 1.94. The Morgan fingerprint density at radius 1 is 1.55 bits per heavy atom. The zero-order chi connectivity index (χ0) is 15.8. The Labute approximate surface area is 133 Å². The molecule has 1 aromatic heterocycles. The summed E-state index contributed by atoms with van der Waals surface area (Å²) in [6, 6.07) is 2.21. The number of nitrogens with zero attached hydrogens (tertiary/aromatic N) is 3. The quantitative estimate of drug-likeness (QED) is 0.593. The first-order chi connectivity index (χ1) is 10.7. The standard InChI is InChI=1S/C17H28N4O/c1-3-4-5-6-7-12-20(2)17(22)16-10-13-21(19-16)15-9-8-11-18-14-15/h3,10,13,15,18H,1,4-9,11-12,14H2,2H3. The molecule has 1 unspecified atom stereocenters. The molecule has 0 aromatic carbocycles. The monoisotopic (exact) mass is 304 g/mol. The summed E-state index contributed by atoms with van der Waals surface area (Å²) in [6.07, 6.45) is 10.5. The van der Waals surface area contributed by atoms with Crippen LogP contribution in [0.2, 0.25) is 0 Å². The summed E-state index contributed by atoms with van der Waals surface area (Å²) in [4.78, 5) is 14.2. The number of piperidine rings is 1. The minimum absolute atomic E-state index is 0.0197. The number of carbonyl (C=O) groups excluding carboxylic acids is 1. The fraction of sp³-hybridized carbons (Fsp3) is 0.647. The van der Waals surface area contributed by atoms with Crippen LogP contribution in [0.15, 0.2) is 24.9 Å². The first-order valence-corrected chi connectivity index (χ1v) is 8.34. The van der Waals surface area contributed by atoms with Gasteiger partial charge in [-0.25, -0.2) is 0 Å². The summed E-state index contributed by atoms with van der Waals surface area (Å²) in [5.41, 5.74) is 0.555. The third kappa shape index (κ3) is 4.70. The highest BCUT2D eigenvalue weighted by molar-refractivity contribution is 5.91. The van der Waals surface area contributed by atoms with Gasteiger partial charge >= 0.3 is 0 Å². The minimum atomic E-state index is 0.0197. The van der Waals surface area contributed by atoms with Crippen LogP contribution in [-0.4, -0.2) is 47.3 Å². The fourth-order valence-corrected chi connectivity index (χ4v) is 2.83. The van der Waals surface area contributed by atoms with E-state index in [1.807, 2.05) is 30.1 Å². The Kier molecular flexibility index (Phi) is 6.65. The van der Waals surface area contributed by atoms with E-state index in [0.29, 0.717) is 11.7 Å².